The van der Waals surface area contributed by atoms with Crippen molar-refractivity contribution in [2.75, 3.05) is 11.4 Å². The fourth-order valence-electron chi connectivity index (χ4n) is 1.88. The standard InChI is InChI=1S/C10H11N7S/c11-9(18)7-1-2-12-10(14-7)16-3-4-17-6-13-15-8(17)5-16/h1-2,6H,3-5H2,(H2,11,18). The Labute approximate surface area is 109 Å². The number of fused-ring (bicyclic) bond motifs is 1. The molecule has 3 heterocycles. The second kappa shape index (κ2) is 4.30. The molecule has 2 N–H and O–H groups in total. The van der Waals surface area contributed by atoms with Crippen LogP contribution in [0.5, 0.6) is 0 Å². The summed E-state index contributed by atoms with van der Waals surface area (Å²) in [6.45, 7) is 2.27. The van der Waals surface area contributed by atoms with Gasteiger partial charge in [0.15, 0.2) is 5.82 Å². The first-order chi connectivity index (χ1) is 8.74. The summed E-state index contributed by atoms with van der Waals surface area (Å²) in [5.41, 5.74) is 6.15. The number of thiocarbonyl (C=S) groups is 1. The highest BCUT2D eigenvalue weighted by Gasteiger charge is 2.19. The molecular weight excluding hydrogens is 250 g/mol. The molecule has 0 saturated heterocycles. The molecule has 0 bridgehead atoms. The molecule has 0 radical (unpaired) electrons. The lowest BCUT2D eigenvalue weighted by Crippen LogP contribution is -2.35. The van der Waals surface area contributed by atoms with E-state index in [4.69, 9.17) is 18.0 Å². The summed E-state index contributed by atoms with van der Waals surface area (Å²) in [6.07, 6.45) is 3.40. The van der Waals surface area contributed by atoms with Gasteiger partial charge in [-0.2, -0.15) is 0 Å². The molecule has 0 aliphatic carbocycles. The van der Waals surface area contributed by atoms with Crippen molar-refractivity contribution in [2.45, 2.75) is 13.1 Å². The van der Waals surface area contributed by atoms with Gasteiger partial charge in [0.2, 0.25) is 5.95 Å². The summed E-state index contributed by atoms with van der Waals surface area (Å²) in [7, 11) is 0. The highest BCUT2D eigenvalue weighted by molar-refractivity contribution is 7.80. The Hall–Kier alpha value is -2.09. The van der Waals surface area contributed by atoms with Crippen molar-refractivity contribution in [1.82, 2.24) is 24.7 Å². The zero-order chi connectivity index (χ0) is 12.5. The van der Waals surface area contributed by atoms with Crippen LogP contribution in [-0.2, 0) is 13.1 Å². The zero-order valence-corrected chi connectivity index (χ0v) is 10.3. The first-order valence-electron chi connectivity index (χ1n) is 5.48. The van der Waals surface area contributed by atoms with E-state index in [1.54, 1.807) is 18.6 Å². The topological polar surface area (TPSA) is 85.8 Å². The van der Waals surface area contributed by atoms with Crippen LogP contribution < -0.4 is 10.6 Å². The van der Waals surface area contributed by atoms with Gasteiger partial charge in [0.05, 0.1) is 6.54 Å². The van der Waals surface area contributed by atoms with E-state index in [0.717, 1.165) is 18.9 Å². The number of rotatable bonds is 2. The van der Waals surface area contributed by atoms with E-state index in [1.807, 2.05) is 9.47 Å². The van der Waals surface area contributed by atoms with Gasteiger partial charge in [0.25, 0.3) is 0 Å². The number of hydrogen-bond acceptors (Lipinski definition) is 6. The number of nitrogens with zero attached hydrogens (tertiary/aromatic N) is 6. The minimum Gasteiger partial charge on any atom is -0.388 e. The third-order valence-electron chi connectivity index (χ3n) is 2.82. The Morgan fingerprint density at radius 3 is 3.11 bits per heavy atom. The van der Waals surface area contributed by atoms with Crippen LogP contribution in [0.1, 0.15) is 11.5 Å². The zero-order valence-electron chi connectivity index (χ0n) is 9.52. The van der Waals surface area contributed by atoms with Gasteiger partial charge in [-0.05, 0) is 6.07 Å². The van der Waals surface area contributed by atoms with Crippen LogP contribution in [0.25, 0.3) is 0 Å². The summed E-state index contributed by atoms with van der Waals surface area (Å²) in [5, 5.41) is 7.94. The van der Waals surface area contributed by atoms with Crippen molar-refractivity contribution < 1.29 is 0 Å². The van der Waals surface area contributed by atoms with Gasteiger partial charge in [-0.25, -0.2) is 9.97 Å². The second-order valence-electron chi connectivity index (χ2n) is 3.97. The molecular formula is C10H11N7S. The highest BCUT2D eigenvalue weighted by Crippen LogP contribution is 2.15. The molecule has 0 atom stereocenters. The Kier molecular flexibility index (Phi) is 2.63. The maximum Gasteiger partial charge on any atom is 0.226 e. The summed E-state index contributed by atoms with van der Waals surface area (Å²) in [6, 6.07) is 1.71. The van der Waals surface area contributed by atoms with Crippen molar-refractivity contribution in [3.63, 3.8) is 0 Å². The van der Waals surface area contributed by atoms with Crippen LogP contribution in [0.15, 0.2) is 18.6 Å². The average molecular weight is 261 g/mol. The van der Waals surface area contributed by atoms with E-state index in [1.165, 1.54) is 0 Å². The summed E-state index contributed by atoms with van der Waals surface area (Å²) in [5.74, 6) is 1.53. The molecule has 1 aliphatic heterocycles. The molecule has 92 valence electrons. The van der Waals surface area contributed by atoms with Gasteiger partial charge in [0.1, 0.15) is 17.0 Å². The fourth-order valence-corrected chi connectivity index (χ4v) is 1.99. The molecule has 0 aromatic carbocycles. The van der Waals surface area contributed by atoms with E-state index in [2.05, 4.69) is 20.2 Å². The maximum absolute atomic E-state index is 5.57. The number of aromatic nitrogens is 5. The molecule has 0 spiro atoms. The van der Waals surface area contributed by atoms with E-state index >= 15 is 0 Å². The minimum atomic E-state index is 0.277. The molecule has 1 aliphatic rings. The third-order valence-corrected chi connectivity index (χ3v) is 3.03. The van der Waals surface area contributed by atoms with Crippen molar-refractivity contribution in [3.8, 4) is 0 Å². The van der Waals surface area contributed by atoms with Gasteiger partial charge in [-0.1, -0.05) is 12.2 Å². The quantitative estimate of drug-likeness (QED) is 0.744. The molecule has 18 heavy (non-hydrogen) atoms. The van der Waals surface area contributed by atoms with Crippen LogP contribution in [0.3, 0.4) is 0 Å². The van der Waals surface area contributed by atoms with E-state index in [-0.39, 0.29) is 4.99 Å². The Morgan fingerprint density at radius 2 is 2.28 bits per heavy atom. The molecule has 2 aromatic rings. The van der Waals surface area contributed by atoms with Crippen molar-refractivity contribution in [3.05, 3.63) is 30.1 Å². The smallest absolute Gasteiger partial charge is 0.226 e. The van der Waals surface area contributed by atoms with Crippen LogP contribution in [-0.4, -0.2) is 36.3 Å². The highest BCUT2D eigenvalue weighted by atomic mass is 32.1. The van der Waals surface area contributed by atoms with Gasteiger partial charge in [-0.15, -0.1) is 10.2 Å². The molecule has 2 aromatic heterocycles. The largest absolute Gasteiger partial charge is 0.388 e. The summed E-state index contributed by atoms with van der Waals surface area (Å²) < 4.78 is 2.02. The Bertz CT molecular complexity index is 593. The fraction of sp³-hybridized carbons (Fsp3) is 0.300. The van der Waals surface area contributed by atoms with Gasteiger partial charge >= 0.3 is 0 Å². The molecule has 0 saturated carbocycles. The van der Waals surface area contributed by atoms with Gasteiger partial charge < -0.3 is 15.2 Å². The average Bonchev–Trinajstić information content (AvgIpc) is 2.86. The SMILES string of the molecule is NC(=S)c1ccnc(N2CCn3cnnc3C2)n1. The lowest BCUT2D eigenvalue weighted by atomic mass is 10.3. The van der Waals surface area contributed by atoms with Crippen molar-refractivity contribution in [1.29, 1.82) is 0 Å². The van der Waals surface area contributed by atoms with Gasteiger partial charge in [0, 0.05) is 19.3 Å². The van der Waals surface area contributed by atoms with Crippen LogP contribution in [0.4, 0.5) is 5.95 Å². The molecule has 7 nitrogen and oxygen atoms in total. The Balaban J connectivity index is 1.88. The lowest BCUT2D eigenvalue weighted by molar-refractivity contribution is 0.551. The van der Waals surface area contributed by atoms with Crippen LogP contribution in [0.2, 0.25) is 0 Å². The normalized spacial score (nSPS) is 14.3. The predicted molar refractivity (Wildman–Crippen MR) is 69.0 cm³/mol. The van der Waals surface area contributed by atoms with Crippen molar-refractivity contribution >= 4 is 23.2 Å². The summed E-state index contributed by atoms with van der Waals surface area (Å²) in [4.78, 5) is 10.9. The maximum atomic E-state index is 5.57. The second-order valence-corrected chi connectivity index (χ2v) is 4.41. The Morgan fingerprint density at radius 1 is 1.39 bits per heavy atom. The lowest BCUT2D eigenvalue weighted by Gasteiger charge is -2.27. The van der Waals surface area contributed by atoms with E-state index in [0.29, 0.717) is 18.2 Å². The van der Waals surface area contributed by atoms with Crippen LogP contribution in [0, 0.1) is 0 Å². The first-order valence-corrected chi connectivity index (χ1v) is 5.89. The number of anilines is 1. The molecule has 8 heteroatoms. The molecule has 3 rings (SSSR count). The van der Waals surface area contributed by atoms with E-state index < -0.39 is 0 Å². The molecule has 0 amide bonds. The molecule has 0 unspecified atom stereocenters. The summed E-state index contributed by atoms with van der Waals surface area (Å²) >= 11 is 4.91. The predicted octanol–water partition coefficient (Wildman–Crippen LogP) is -0.278. The monoisotopic (exact) mass is 261 g/mol. The van der Waals surface area contributed by atoms with E-state index in [9.17, 15) is 0 Å². The minimum absolute atomic E-state index is 0.277. The van der Waals surface area contributed by atoms with Gasteiger partial charge in [-0.3, -0.25) is 0 Å². The number of nitrogens with two attached hydrogens (primary N) is 1. The molecule has 0 fully saturated rings. The first kappa shape index (κ1) is 11.0. The number of hydrogen-bond donors (Lipinski definition) is 1. The third kappa shape index (κ3) is 1.90. The van der Waals surface area contributed by atoms with Crippen LogP contribution >= 0.6 is 12.2 Å². The van der Waals surface area contributed by atoms with Crippen molar-refractivity contribution in [2.24, 2.45) is 5.73 Å².